The Morgan fingerprint density at radius 1 is 1.15 bits per heavy atom. The fraction of sp³-hybridized carbons (Fsp3) is 0.100. The highest BCUT2D eigenvalue weighted by atomic mass is 14.7. The lowest BCUT2D eigenvalue weighted by Crippen LogP contribution is -1.95. The molecule has 0 aliphatic rings. The lowest BCUT2D eigenvalue weighted by Gasteiger charge is -2.04. The molecule has 0 radical (unpaired) electrons. The average molecular weight is 173 g/mol. The SMILES string of the molecule is Cc1cc(N)c2cccc(N)c2n1. The van der Waals surface area contributed by atoms with Crippen LogP contribution in [-0.2, 0) is 0 Å². The van der Waals surface area contributed by atoms with Gasteiger partial charge in [-0.1, -0.05) is 12.1 Å². The van der Waals surface area contributed by atoms with E-state index in [0.717, 1.165) is 22.3 Å². The van der Waals surface area contributed by atoms with Crippen LogP contribution in [0.3, 0.4) is 0 Å². The Morgan fingerprint density at radius 3 is 2.69 bits per heavy atom. The minimum absolute atomic E-state index is 0.674. The lowest BCUT2D eigenvalue weighted by molar-refractivity contribution is 1.26. The van der Waals surface area contributed by atoms with Crippen molar-refractivity contribution in [3.8, 4) is 0 Å². The van der Waals surface area contributed by atoms with Crippen LogP contribution < -0.4 is 11.5 Å². The molecular weight excluding hydrogens is 162 g/mol. The van der Waals surface area contributed by atoms with Crippen LogP contribution in [0, 0.1) is 6.92 Å². The summed E-state index contributed by atoms with van der Waals surface area (Å²) in [5.41, 5.74) is 14.7. The van der Waals surface area contributed by atoms with E-state index in [9.17, 15) is 0 Å². The molecule has 0 amide bonds. The van der Waals surface area contributed by atoms with E-state index in [1.54, 1.807) is 0 Å². The second kappa shape index (κ2) is 2.62. The van der Waals surface area contributed by atoms with Crippen molar-refractivity contribution in [3.05, 3.63) is 30.0 Å². The molecule has 4 N–H and O–H groups in total. The molecule has 1 aromatic carbocycles. The average Bonchev–Trinajstić information content (AvgIpc) is 2.07. The third kappa shape index (κ3) is 1.18. The van der Waals surface area contributed by atoms with Gasteiger partial charge in [-0.2, -0.15) is 0 Å². The van der Waals surface area contributed by atoms with E-state index in [0.29, 0.717) is 5.69 Å². The van der Waals surface area contributed by atoms with E-state index in [4.69, 9.17) is 11.5 Å². The standard InChI is InChI=1S/C10H11N3/c1-6-5-9(12)7-3-2-4-8(11)10(7)13-6/h2-5H,11H2,1H3,(H2,12,13). The van der Waals surface area contributed by atoms with Gasteiger partial charge >= 0.3 is 0 Å². The van der Waals surface area contributed by atoms with Gasteiger partial charge in [0, 0.05) is 16.8 Å². The van der Waals surface area contributed by atoms with Gasteiger partial charge in [0.25, 0.3) is 0 Å². The highest BCUT2D eigenvalue weighted by Crippen LogP contribution is 2.24. The van der Waals surface area contributed by atoms with E-state index in [1.165, 1.54) is 0 Å². The number of aromatic nitrogens is 1. The lowest BCUT2D eigenvalue weighted by atomic mass is 10.1. The number of aryl methyl sites for hydroxylation is 1. The van der Waals surface area contributed by atoms with Gasteiger partial charge in [-0.15, -0.1) is 0 Å². The number of nitrogen functional groups attached to an aromatic ring is 2. The number of hydrogen-bond acceptors (Lipinski definition) is 3. The highest BCUT2D eigenvalue weighted by molar-refractivity contribution is 5.97. The van der Waals surface area contributed by atoms with Gasteiger partial charge in [-0.3, -0.25) is 4.98 Å². The molecule has 0 saturated carbocycles. The summed E-state index contributed by atoms with van der Waals surface area (Å²) in [6.07, 6.45) is 0. The molecule has 0 saturated heterocycles. The Bertz CT molecular complexity index is 463. The third-order valence-electron chi connectivity index (χ3n) is 2.03. The van der Waals surface area contributed by atoms with Crippen molar-refractivity contribution in [3.63, 3.8) is 0 Å². The molecule has 1 aromatic heterocycles. The van der Waals surface area contributed by atoms with Crippen LogP contribution >= 0.6 is 0 Å². The molecule has 0 bridgehead atoms. The van der Waals surface area contributed by atoms with E-state index in [1.807, 2.05) is 31.2 Å². The van der Waals surface area contributed by atoms with Gasteiger partial charge < -0.3 is 11.5 Å². The molecule has 3 nitrogen and oxygen atoms in total. The summed E-state index contributed by atoms with van der Waals surface area (Å²) < 4.78 is 0. The summed E-state index contributed by atoms with van der Waals surface area (Å²) in [5.74, 6) is 0. The van der Waals surface area contributed by atoms with Crippen molar-refractivity contribution in [2.75, 3.05) is 11.5 Å². The van der Waals surface area contributed by atoms with Gasteiger partial charge in [-0.05, 0) is 19.1 Å². The molecule has 3 heteroatoms. The second-order valence-corrected chi connectivity index (χ2v) is 3.10. The number of hydrogen-bond donors (Lipinski definition) is 2. The predicted molar refractivity (Wildman–Crippen MR) is 55.3 cm³/mol. The molecular formula is C10H11N3. The Kier molecular flexibility index (Phi) is 1.59. The number of benzene rings is 1. The van der Waals surface area contributed by atoms with E-state index < -0.39 is 0 Å². The van der Waals surface area contributed by atoms with Crippen molar-refractivity contribution in [2.24, 2.45) is 0 Å². The van der Waals surface area contributed by atoms with Crippen LogP contribution in [0.2, 0.25) is 0 Å². The van der Waals surface area contributed by atoms with Gasteiger partial charge in [-0.25, -0.2) is 0 Å². The van der Waals surface area contributed by atoms with Crippen LogP contribution in [0.25, 0.3) is 10.9 Å². The van der Waals surface area contributed by atoms with Gasteiger partial charge in [0.05, 0.1) is 11.2 Å². The number of nitrogens with two attached hydrogens (primary N) is 2. The molecule has 0 aliphatic heterocycles. The molecule has 13 heavy (non-hydrogen) atoms. The van der Waals surface area contributed by atoms with Crippen molar-refractivity contribution in [2.45, 2.75) is 6.92 Å². The van der Waals surface area contributed by atoms with Crippen LogP contribution in [0.15, 0.2) is 24.3 Å². The Morgan fingerprint density at radius 2 is 1.92 bits per heavy atom. The first kappa shape index (κ1) is 7.86. The number of para-hydroxylation sites is 1. The molecule has 66 valence electrons. The summed E-state index contributed by atoms with van der Waals surface area (Å²) in [7, 11) is 0. The molecule has 0 aliphatic carbocycles. The zero-order chi connectivity index (χ0) is 9.42. The maximum atomic E-state index is 5.83. The van der Waals surface area contributed by atoms with E-state index in [-0.39, 0.29) is 0 Å². The van der Waals surface area contributed by atoms with Gasteiger partial charge in [0.15, 0.2) is 0 Å². The summed E-state index contributed by atoms with van der Waals surface area (Å²) >= 11 is 0. The molecule has 0 unspecified atom stereocenters. The quantitative estimate of drug-likeness (QED) is 0.596. The molecule has 0 fully saturated rings. The normalized spacial score (nSPS) is 10.5. The first-order chi connectivity index (χ1) is 6.18. The topological polar surface area (TPSA) is 64.9 Å². The zero-order valence-electron chi connectivity index (χ0n) is 7.41. The van der Waals surface area contributed by atoms with Crippen LogP contribution in [0.1, 0.15) is 5.69 Å². The Balaban J connectivity index is 2.94. The smallest absolute Gasteiger partial charge is 0.0954 e. The zero-order valence-corrected chi connectivity index (χ0v) is 7.41. The Hall–Kier alpha value is -1.77. The summed E-state index contributed by atoms with van der Waals surface area (Å²) in [4.78, 5) is 4.33. The van der Waals surface area contributed by atoms with Crippen molar-refractivity contribution >= 4 is 22.3 Å². The third-order valence-corrected chi connectivity index (χ3v) is 2.03. The van der Waals surface area contributed by atoms with Crippen molar-refractivity contribution in [1.29, 1.82) is 0 Å². The number of nitrogens with zero attached hydrogens (tertiary/aromatic N) is 1. The maximum absolute atomic E-state index is 5.83. The summed E-state index contributed by atoms with van der Waals surface area (Å²) in [6, 6.07) is 7.48. The molecule has 2 rings (SSSR count). The maximum Gasteiger partial charge on any atom is 0.0954 e. The molecule has 0 spiro atoms. The van der Waals surface area contributed by atoms with Crippen LogP contribution in [0.5, 0.6) is 0 Å². The van der Waals surface area contributed by atoms with Crippen LogP contribution in [0.4, 0.5) is 11.4 Å². The number of anilines is 2. The fourth-order valence-corrected chi connectivity index (χ4v) is 1.43. The fourth-order valence-electron chi connectivity index (χ4n) is 1.43. The Labute approximate surface area is 76.4 Å². The van der Waals surface area contributed by atoms with Crippen molar-refractivity contribution in [1.82, 2.24) is 4.98 Å². The highest BCUT2D eigenvalue weighted by Gasteiger charge is 2.02. The van der Waals surface area contributed by atoms with Gasteiger partial charge in [0.1, 0.15) is 0 Å². The van der Waals surface area contributed by atoms with Gasteiger partial charge in [0.2, 0.25) is 0 Å². The number of pyridine rings is 1. The molecule has 1 heterocycles. The summed E-state index contributed by atoms with van der Waals surface area (Å²) in [5, 5.41) is 0.922. The number of fused-ring (bicyclic) bond motifs is 1. The van der Waals surface area contributed by atoms with Crippen LogP contribution in [-0.4, -0.2) is 4.98 Å². The first-order valence-corrected chi connectivity index (χ1v) is 4.10. The number of rotatable bonds is 0. The molecule has 0 atom stereocenters. The minimum Gasteiger partial charge on any atom is -0.398 e. The monoisotopic (exact) mass is 173 g/mol. The largest absolute Gasteiger partial charge is 0.398 e. The molecule has 2 aromatic rings. The second-order valence-electron chi connectivity index (χ2n) is 3.10. The van der Waals surface area contributed by atoms with E-state index >= 15 is 0 Å². The summed E-state index contributed by atoms with van der Waals surface area (Å²) in [6.45, 7) is 1.90. The van der Waals surface area contributed by atoms with Crippen molar-refractivity contribution < 1.29 is 0 Å². The first-order valence-electron chi connectivity index (χ1n) is 4.10. The minimum atomic E-state index is 0.674. The predicted octanol–water partition coefficient (Wildman–Crippen LogP) is 1.71. The van der Waals surface area contributed by atoms with E-state index in [2.05, 4.69) is 4.98 Å².